The van der Waals surface area contributed by atoms with E-state index in [9.17, 15) is 17.6 Å². The van der Waals surface area contributed by atoms with Crippen molar-refractivity contribution in [3.05, 3.63) is 65.5 Å². The molecule has 6 heteroatoms. The minimum atomic E-state index is -3.35. The molecule has 0 aliphatic carbocycles. The van der Waals surface area contributed by atoms with E-state index >= 15 is 0 Å². The summed E-state index contributed by atoms with van der Waals surface area (Å²) in [5.74, 6) is -0.804. The first-order chi connectivity index (χ1) is 9.35. The number of halogens is 1. The number of carbonyl (C=O) groups excluding carboxylic acids is 1. The lowest BCUT2D eigenvalue weighted by atomic mass is 10.0. The first-order valence-corrected chi connectivity index (χ1v) is 7.62. The number of benzene rings is 2. The lowest BCUT2D eigenvalue weighted by Gasteiger charge is -2.05. The Labute approximate surface area is 116 Å². The maximum atomic E-state index is 13.1. The van der Waals surface area contributed by atoms with Gasteiger partial charge in [0.1, 0.15) is 5.82 Å². The van der Waals surface area contributed by atoms with Gasteiger partial charge in [-0.3, -0.25) is 9.52 Å². The van der Waals surface area contributed by atoms with E-state index in [1.165, 1.54) is 42.5 Å². The van der Waals surface area contributed by atoms with Crippen LogP contribution in [0.3, 0.4) is 0 Å². The van der Waals surface area contributed by atoms with Crippen molar-refractivity contribution in [3.63, 3.8) is 0 Å². The Bertz CT molecular complexity index is 739. The summed E-state index contributed by atoms with van der Waals surface area (Å²) in [6.45, 7) is 0. The van der Waals surface area contributed by atoms with Gasteiger partial charge in [-0.25, -0.2) is 12.8 Å². The minimum Gasteiger partial charge on any atom is -0.289 e. The van der Waals surface area contributed by atoms with Crippen molar-refractivity contribution in [1.29, 1.82) is 0 Å². The predicted octanol–water partition coefficient (Wildman–Crippen LogP) is 2.43. The van der Waals surface area contributed by atoms with Crippen LogP contribution < -0.4 is 4.72 Å². The first-order valence-electron chi connectivity index (χ1n) is 5.73. The van der Waals surface area contributed by atoms with E-state index in [1.807, 2.05) is 0 Å². The molecule has 0 fully saturated rings. The minimum absolute atomic E-state index is 0.244. The standard InChI is InChI=1S/C14H12FNO3S/c1-20(18,19)16-13-7-5-10(6-8-13)14(17)11-3-2-4-12(15)9-11/h2-9,16H,1H3. The van der Waals surface area contributed by atoms with E-state index in [4.69, 9.17) is 0 Å². The van der Waals surface area contributed by atoms with E-state index < -0.39 is 15.8 Å². The molecule has 2 rings (SSSR count). The summed E-state index contributed by atoms with van der Waals surface area (Å²) in [7, 11) is -3.35. The zero-order valence-corrected chi connectivity index (χ0v) is 11.4. The van der Waals surface area contributed by atoms with Crippen LogP contribution in [0.5, 0.6) is 0 Å². The average Bonchev–Trinajstić information content (AvgIpc) is 2.37. The molecule has 0 atom stereocenters. The second kappa shape index (κ2) is 5.42. The van der Waals surface area contributed by atoms with Gasteiger partial charge < -0.3 is 0 Å². The molecule has 1 N–H and O–H groups in total. The number of anilines is 1. The molecule has 0 unspecified atom stereocenters. The summed E-state index contributed by atoms with van der Waals surface area (Å²) >= 11 is 0. The van der Waals surface area contributed by atoms with E-state index in [0.717, 1.165) is 12.3 Å². The molecule has 0 aromatic heterocycles. The fourth-order valence-electron chi connectivity index (χ4n) is 1.70. The summed E-state index contributed by atoms with van der Waals surface area (Å²) in [5.41, 5.74) is 0.965. The summed E-state index contributed by atoms with van der Waals surface area (Å²) in [6, 6.07) is 11.3. The van der Waals surface area contributed by atoms with Gasteiger partial charge in [-0.1, -0.05) is 12.1 Å². The van der Waals surface area contributed by atoms with Gasteiger partial charge in [-0.05, 0) is 36.4 Å². The van der Waals surface area contributed by atoms with Crippen molar-refractivity contribution in [2.75, 3.05) is 11.0 Å². The molecule has 0 amide bonds. The molecular formula is C14H12FNO3S. The molecule has 0 saturated heterocycles. The van der Waals surface area contributed by atoms with Crippen LogP contribution in [0.1, 0.15) is 15.9 Å². The number of rotatable bonds is 4. The van der Waals surface area contributed by atoms with Gasteiger partial charge in [-0.15, -0.1) is 0 Å². The lowest BCUT2D eigenvalue weighted by Crippen LogP contribution is -2.09. The summed E-state index contributed by atoms with van der Waals surface area (Å²) in [4.78, 5) is 12.1. The Morgan fingerprint density at radius 1 is 1.05 bits per heavy atom. The van der Waals surface area contributed by atoms with Crippen LogP contribution in [-0.4, -0.2) is 20.5 Å². The van der Waals surface area contributed by atoms with Gasteiger partial charge in [-0.2, -0.15) is 0 Å². The Hall–Kier alpha value is -2.21. The van der Waals surface area contributed by atoms with E-state index in [0.29, 0.717) is 11.3 Å². The largest absolute Gasteiger partial charge is 0.289 e. The van der Waals surface area contributed by atoms with E-state index in [2.05, 4.69) is 4.72 Å². The maximum Gasteiger partial charge on any atom is 0.229 e. The number of ketones is 1. The highest BCUT2D eigenvalue weighted by molar-refractivity contribution is 7.92. The monoisotopic (exact) mass is 293 g/mol. The number of hydrogen-bond donors (Lipinski definition) is 1. The topological polar surface area (TPSA) is 63.2 Å². The molecule has 0 spiro atoms. The van der Waals surface area contributed by atoms with Crippen LogP contribution in [0, 0.1) is 5.82 Å². The smallest absolute Gasteiger partial charge is 0.229 e. The quantitative estimate of drug-likeness (QED) is 0.881. The summed E-state index contributed by atoms with van der Waals surface area (Å²) in [6.07, 6.45) is 1.04. The molecule has 0 bridgehead atoms. The Morgan fingerprint density at radius 2 is 1.70 bits per heavy atom. The van der Waals surface area contributed by atoms with Crippen molar-refractivity contribution < 1.29 is 17.6 Å². The fraction of sp³-hybridized carbons (Fsp3) is 0.0714. The molecule has 0 aliphatic rings. The van der Waals surface area contributed by atoms with Gasteiger partial charge >= 0.3 is 0 Å². The zero-order valence-electron chi connectivity index (χ0n) is 10.6. The number of sulfonamides is 1. The third-order valence-electron chi connectivity index (χ3n) is 2.54. The summed E-state index contributed by atoms with van der Waals surface area (Å²) < 4.78 is 37.5. The molecule has 0 aliphatic heterocycles. The highest BCUT2D eigenvalue weighted by atomic mass is 32.2. The van der Waals surface area contributed by atoms with Gasteiger partial charge in [0.25, 0.3) is 0 Å². The first kappa shape index (κ1) is 14.2. The molecule has 104 valence electrons. The van der Waals surface area contributed by atoms with Crippen LogP contribution in [0.15, 0.2) is 48.5 Å². The van der Waals surface area contributed by atoms with Gasteiger partial charge in [0.05, 0.1) is 6.26 Å². The summed E-state index contributed by atoms with van der Waals surface area (Å²) in [5, 5.41) is 0. The van der Waals surface area contributed by atoms with E-state index in [1.54, 1.807) is 0 Å². The third kappa shape index (κ3) is 3.64. The van der Waals surface area contributed by atoms with Gasteiger partial charge in [0.2, 0.25) is 10.0 Å². The molecule has 2 aromatic carbocycles. The molecule has 4 nitrogen and oxygen atoms in total. The highest BCUT2D eigenvalue weighted by Gasteiger charge is 2.10. The van der Waals surface area contributed by atoms with Crippen LogP contribution >= 0.6 is 0 Å². The Morgan fingerprint density at radius 3 is 2.25 bits per heavy atom. The molecule has 0 saturated carbocycles. The maximum absolute atomic E-state index is 13.1. The molecule has 20 heavy (non-hydrogen) atoms. The Balaban J connectivity index is 2.24. The number of carbonyl (C=O) groups is 1. The van der Waals surface area contributed by atoms with Crippen LogP contribution in [-0.2, 0) is 10.0 Å². The average molecular weight is 293 g/mol. The van der Waals surface area contributed by atoms with Gasteiger partial charge in [0.15, 0.2) is 5.78 Å². The lowest BCUT2D eigenvalue weighted by molar-refractivity contribution is 0.103. The number of nitrogens with one attached hydrogen (secondary N) is 1. The van der Waals surface area contributed by atoms with Crippen molar-refractivity contribution >= 4 is 21.5 Å². The SMILES string of the molecule is CS(=O)(=O)Nc1ccc(C(=O)c2cccc(F)c2)cc1. The van der Waals surface area contributed by atoms with E-state index in [-0.39, 0.29) is 11.3 Å². The highest BCUT2D eigenvalue weighted by Crippen LogP contribution is 2.15. The fourth-order valence-corrected chi connectivity index (χ4v) is 2.26. The van der Waals surface area contributed by atoms with Crippen LogP contribution in [0.2, 0.25) is 0 Å². The van der Waals surface area contributed by atoms with Crippen LogP contribution in [0.4, 0.5) is 10.1 Å². The molecular weight excluding hydrogens is 281 g/mol. The van der Waals surface area contributed by atoms with Gasteiger partial charge in [0, 0.05) is 16.8 Å². The molecule has 0 heterocycles. The Kier molecular flexibility index (Phi) is 3.85. The van der Waals surface area contributed by atoms with Crippen molar-refractivity contribution in [2.24, 2.45) is 0 Å². The second-order valence-electron chi connectivity index (χ2n) is 4.29. The normalized spacial score (nSPS) is 11.1. The van der Waals surface area contributed by atoms with Crippen molar-refractivity contribution in [2.45, 2.75) is 0 Å². The molecule has 0 radical (unpaired) electrons. The van der Waals surface area contributed by atoms with Crippen molar-refractivity contribution in [1.82, 2.24) is 0 Å². The predicted molar refractivity (Wildman–Crippen MR) is 74.7 cm³/mol. The second-order valence-corrected chi connectivity index (χ2v) is 6.04. The van der Waals surface area contributed by atoms with Crippen molar-refractivity contribution in [3.8, 4) is 0 Å². The third-order valence-corrected chi connectivity index (χ3v) is 3.14. The molecule has 2 aromatic rings. The number of hydrogen-bond acceptors (Lipinski definition) is 3. The zero-order chi connectivity index (χ0) is 14.8. The van der Waals surface area contributed by atoms with Crippen LogP contribution in [0.25, 0.3) is 0 Å².